The van der Waals surface area contributed by atoms with Gasteiger partial charge in [-0.05, 0) is 110 Å². The molecule has 4 atom stereocenters. The number of benzene rings is 5. The summed E-state index contributed by atoms with van der Waals surface area (Å²) in [4.78, 5) is 121. The summed E-state index contributed by atoms with van der Waals surface area (Å²) in [6, 6.07) is 21.6. The van der Waals surface area contributed by atoms with Gasteiger partial charge in [0.15, 0.2) is 11.5 Å². The summed E-state index contributed by atoms with van der Waals surface area (Å²) in [6.07, 6.45) is 7.47. The van der Waals surface area contributed by atoms with E-state index in [0.717, 1.165) is 27.0 Å². The maximum Gasteiger partial charge on any atom is 0.415 e. The summed E-state index contributed by atoms with van der Waals surface area (Å²) in [5, 5.41) is 9.96. The first-order chi connectivity index (χ1) is 44.1. The molecule has 0 bridgehead atoms. The normalized spacial score (nSPS) is 17.8. The predicted octanol–water partition coefficient (Wildman–Crippen LogP) is 7.08. The van der Waals surface area contributed by atoms with Crippen molar-refractivity contribution in [1.29, 1.82) is 0 Å². The first kappa shape index (κ1) is 66.0. The Balaban J connectivity index is 0.879. The van der Waals surface area contributed by atoms with Gasteiger partial charge in [0.2, 0.25) is 33.7 Å². The molecule has 1 fully saturated rings. The van der Waals surface area contributed by atoms with Crippen LogP contribution in [0.1, 0.15) is 91.4 Å². The standard InChI is InChI=1S/C67H75ClN10O13S/c1-40(2)63(73-58(79)14-8-7-11-22-77-59(80)19-20-60(77)81)65(84)71-41(3)64(83)72-47-29-42(31-61(82)78-38-46(36-68)62-51-13-10-9-12-50(51)55(35-54(62)78)91-67(86)75-26-24-74(5)25-27-75)28-43(30-47)39-90-57-34-53-52(33-56(57)89-6)66(85)76-23-21-45(32-48(76)37-70-53)44-15-17-49(18-16-44)92(87,88)69-4/h9-10,12-13,15-21,28-30,33-35,37,40-41,46,48,63,69H,7-8,11,14,22-27,31-32,36,38-39H2,1-6H3,(H,71,84)(H,72,83)(H,73,79)/t41-,46+,48-,63-/m0/s1. The number of imide groups is 1. The van der Waals surface area contributed by atoms with E-state index in [1.54, 1.807) is 83.3 Å². The molecule has 0 unspecified atom stereocenters. The number of carbonyl (C=O) groups excluding carboxylic acids is 8. The number of methoxy groups -OCH3 is 1. The summed E-state index contributed by atoms with van der Waals surface area (Å²) in [5.41, 5.74) is 5.00. The molecule has 8 amide bonds. The highest BCUT2D eigenvalue weighted by Gasteiger charge is 2.37. The Morgan fingerprint density at radius 2 is 1.52 bits per heavy atom. The zero-order valence-electron chi connectivity index (χ0n) is 52.2. The zero-order valence-corrected chi connectivity index (χ0v) is 53.7. The van der Waals surface area contributed by atoms with Crippen molar-refractivity contribution in [1.82, 2.24) is 35.0 Å². The fourth-order valence-electron chi connectivity index (χ4n) is 12.0. The fraction of sp³-hybridized carbons (Fsp3) is 0.388. The van der Waals surface area contributed by atoms with E-state index in [1.807, 2.05) is 37.4 Å². The SMILES string of the molecule is CNS(=O)(=O)c1ccc(C2=CCN3C(=O)c4cc(OC)c(OCc5cc(CC(=O)N6C[C@@H](CCl)c7c6cc(OC(=O)N6CCN(C)CC6)c6ccccc76)cc(NC(=O)[C@H](C)NC(=O)[C@@H](NC(=O)CCCCCN6C(=O)C=CC6=O)C(C)C)c5)cc4N=C[C@@H]3C2)cc1. The Labute approximate surface area is 539 Å². The molecule has 0 radical (unpaired) electrons. The number of nitrogens with zero attached hydrogens (tertiary/aromatic N) is 6. The minimum Gasteiger partial charge on any atom is -0.493 e. The number of unbranched alkanes of at least 4 members (excludes halogenated alkanes) is 2. The summed E-state index contributed by atoms with van der Waals surface area (Å²) in [7, 11) is 1.16. The minimum absolute atomic E-state index is 0.0964. The highest BCUT2D eigenvalue weighted by atomic mass is 35.5. The van der Waals surface area contributed by atoms with Gasteiger partial charge in [-0.3, -0.25) is 43.5 Å². The number of ether oxygens (including phenoxy) is 3. The van der Waals surface area contributed by atoms with E-state index in [1.165, 1.54) is 45.4 Å². The Bertz CT molecular complexity index is 3920. The lowest BCUT2D eigenvalue weighted by Gasteiger charge is -2.32. The van der Waals surface area contributed by atoms with Gasteiger partial charge in [-0.1, -0.05) is 68.8 Å². The molecule has 0 spiro atoms. The van der Waals surface area contributed by atoms with Crippen molar-refractivity contribution in [2.45, 2.75) is 94.8 Å². The Morgan fingerprint density at radius 1 is 0.804 bits per heavy atom. The molecule has 25 heteroatoms. The van der Waals surface area contributed by atoms with Gasteiger partial charge in [-0.15, -0.1) is 11.6 Å². The molecule has 0 aromatic heterocycles. The number of hydrogen-bond donors (Lipinski definition) is 4. The number of aliphatic imine (C=N–C) groups is 1. The molecule has 5 aliphatic heterocycles. The highest BCUT2D eigenvalue weighted by molar-refractivity contribution is 7.89. The second kappa shape index (κ2) is 28.7. The number of fused-ring (bicyclic) bond motifs is 5. The molecule has 1 saturated heterocycles. The Morgan fingerprint density at radius 3 is 2.22 bits per heavy atom. The fourth-order valence-corrected chi connectivity index (χ4v) is 13.0. The number of halogens is 1. The Kier molecular flexibility index (Phi) is 20.6. The third-order valence-electron chi connectivity index (χ3n) is 17.2. The molecule has 4 N–H and O–H groups in total. The topological polar surface area (TPSA) is 275 Å². The van der Waals surface area contributed by atoms with Gasteiger partial charge in [-0.25, -0.2) is 17.9 Å². The van der Waals surface area contributed by atoms with Gasteiger partial charge >= 0.3 is 6.09 Å². The van der Waals surface area contributed by atoms with Gasteiger partial charge in [0.25, 0.3) is 17.7 Å². The van der Waals surface area contributed by atoms with Crippen molar-refractivity contribution in [3.05, 3.63) is 131 Å². The monoisotopic (exact) mass is 1290 g/mol. The molecule has 484 valence electrons. The quantitative estimate of drug-likeness (QED) is 0.0289. The van der Waals surface area contributed by atoms with Gasteiger partial charge in [0, 0.05) is 106 Å². The zero-order chi connectivity index (χ0) is 65.5. The highest BCUT2D eigenvalue weighted by Crippen LogP contribution is 2.46. The van der Waals surface area contributed by atoms with E-state index < -0.39 is 46.1 Å². The average Bonchev–Trinajstić information content (AvgIpc) is 1.63. The molecule has 0 aliphatic carbocycles. The van der Waals surface area contributed by atoms with Crippen molar-refractivity contribution < 1.29 is 61.0 Å². The molecule has 23 nitrogen and oxygen atoms in total. The largest absolute Gasteiger partial charge is 0.493 e. The lowest BCUT2D eigenvalue weighted by Crippen LogP contribution is -2.53. The lowest BCUT2D eigenvalue weighted by atomic mass is 9.94. The number of rotatable bonds is 23. The molecule has 5 aromatic rings. The summed E-state index contributed by atoms with van der Waals surface area (Å²) >= 11 is 6.69. The summed E-state index contributed by atoms with van der Waals surface area (Å²) in [6.45, 7) is 8.04. The van der Waals surface area contributed by atoms with Crippen LogP contribution >= 0.6 is 11.6 Å². The van der Waals surface area contributed by atoms with Crippen LogP contribution < -0.4 is 39.8 Å². The Hall–Kier alpha value is -8.97. The van der Waals surface area contributed by atoms with E-state index in [0.29, 0.717) is 85.5 Å². The predicted molar refractivity (Wildman–Crippen MR) is 348 cm³/mol. The third-order valence-corrected chi connectivity index (χ3v) is 19.0. The third kappa shape index (κ3) is 14.8. The number of sulfonamides is 1. The molecule has 5 heterocycles. The van der Waals surface area contributed by atoms with E-state index in [2.05, 4.69) is 25.6 Å². The van der Waals surface area contributed by atoms with Crippen molar-refractivity contribution in [3.8, 4) is 17.2 Å². The molecule has 10 rings (SSSR count). The second-order valence-electron chi connectivity index (χ2n) is 23.8. The average molecular weight is 1300 g/mol. The van der Waals surface area contributed by atoms with Crippen LogP contribution in [0, 0.1) is 5.92 Å². The molecular weight excluding hydrogens is 1220 g/mol. The van der Waals surface area contributed by atoms with Crippen molar-refractivity contribution in [3.63, 3.8) is 0 Å². The van der Waals surface area contributed by atoms with E-state index in [9.17, 15) is 46.8 Å². The van der Waals surface area contributed by atoms with Crippen molar-refractivity contribution in [2.24, 2.45) is 10.9 Å². The van der Waals surface area contributed by atoms with Gasteiger partial charge in [-0.2, -0.15) is 0 Å². The van der Waals surface area contributed by atoms with Gasteiger partial charge in [0.05, 0.1) is 41.4 Å². The van der Waals surface area contributed by atoms with Crippen LogP contribution in [0.4, 0.5) is 21.9 Å². The van der Waals surface area contributed by atoms with Crippen LogP contribution in [0.5, 0.6) is 17.2 Å². The van der Waals surface area contributed by atoms with Gasteiger partial charge < -0.3 is 49.8 Å². The number of amides is 8. The smallest absolute Gasteiger partial charge is 0.415 e. The van der Waals surface area contributed by atoms with E-state index >= 15 is 0 Å². The first-order valence-electron chi connectivity index (χ1n) is 30.7. The van der Waals surface area contributed by atoms with Crippen LogP contribution in [0.2, 0.25) is 0 Å². The van der Waals surface area contributed by atoms with Gasteiger partial charge in [0.1, 0.15) is 24.4 Å². The number of carbonyl (C=O) groups is 8. The van der Waals surface area contributed by atoms with Crippen molar-refractivity contribution in [2.75, 3.05) is 83.1 Å². The molecule has 92 heavy (non-hydrogen) atoms. The number of likely N-dealkylation sites (N-methyl/N-ethyl adjacent to an activating group) is 1. The van der Waals surface area contributed by atoms with Crippen molar-refractivity contribution >= 4 is 109 Å². The van der Waals surface area contributed by atoms with E-state index in [4.69, 9.17) is 30.8 Å². The lowest BCUT2D eigenvalue weighted by molar-refractivity contribution is -0.137. The number of nitrogens with one attached hydrogen (secondary N) is 4. The van der Waals surface area contributed by atoms with Crippen LogP contribution in [0.3, 0.4) is 0 Å². The molecular formula is C67H75ClN10O13S. The van der Waals surface area contributed by atoms with Crippen LogP contribution in [-0.4, -0.2) is 173 Å². The number of anilines is 2. The summed E-state index contributed by atoms with van der Waals surface area (Å²) < 4.78 is 45.6. The number of hydrogen-bond acceptors (Lipinski definition) is 15. The minimum atomic E-state index is -3.64. The van der Waals surface area contributed by atoms with Crippen LogP contribution in [0.15, 0.2) is 113 Å². The molecule has 0 saturated carbocycles. The van der Waals surface area contributed by atoms with Crippen LogP contribution in [0.25, 0.3) is 16.3 Å². The number of piperazine rings is 1. The molecule has 5 aliphatic rings. The second-order valence-corrected chi connectivity index (χ2v) is 26.0. The number of alkyl halides is 1. The maximum atomic E-state index is 15.0. The maximum absolute atomic E-state index is 15.0. The summed E-state index contributed by atoms with van der Waals surface area (Å²) in [5.74, 6) is -2.55. The molecule has 5 aromatic carbocycles. The van der Waals surface area contributed by atoms with Crippen LogP contribution in [-0.2, 0) is 51.8 Å². The van der Waals surface area contributed by atoms with E-state index in [-0.39, 0.29) is 114 Å². The first-order valence-corrected chi connectivity index (χ1v) is 32.7.